The van der Waals surface area contributed by atoms with Crippen LogP contribution < -0.4 is 10.6 Å². The highest BCUT2D eigenvalue weighted by molar-refractivity contribution is 6.03. The maximum Gasteiger partial charge on any atom is 0.276 e. The molecule has 0 unspecified atom stereocenters. The van der Waals surface area contributed by atoms with Gasteiger partial charge in [0.05, 0.1) is 0 Å². The molecule has 0 radical (unpaired) electrons. The zero-order valence-electron chi connectivity index (χ0n) is 13.3. The Morgan fingerprint density at radius 3 is 2.28 bits per heavy atom. The molecule has 126 valence electrons. The summed E-state index contributed by atoms with van der Waals surface area (Å²) in [5.41, 5.74) is 1.35. The average molecular weight is 340 g/mol. The number of carbonyl (C=O) groups is 1. The van der Waals surface area contributed by atoms with E-state index in [1.165, 1.54) is 18.2 Å². The third-order valence-electron chi connectivity index (χ3n) is 3.51. The van der Waals surface area contributed by atoms with E-state index in [-0.39, 0.29) is 17.2 Å². The summed E-state index contributed by atoms with van der Waals surface area (Å²) in [5, 5.41) is 12.8. The molecule has 0 atom stereocenters. The van der Waals surface area contributed by atoms with Gasteiger partial charge in [-0.2, -0.15) is 0 Å². The second-order valence-electron chi connectivity index (χ2n) is 5.29. The van der Waals surface area contributed by atoms with Crippen molar-refractivity contribution in [3.05, 3.63) is 77.5 Å². The molecule has 2 N–H and O–H groups in total. The topological polar surface area (TPSA) is 66.9 Å². The lowest BCUT2D eigenvalue weighted by Crippen LogP contribution is -2.15. The maximum atomic E-state index is 13.6. The van der Waals surface area contributed by atoms with Crippen LogP contribution >= 0.6 is 0 Å². The van der Waals surface area contributed by atoms with Crippen LogP contribution in [0.5, 0.6) is 0 Å². The number of nitrogens with one attached hydrogen (secondary N) is 2. The van der Waals surface area contributed by atoms with Crippen LogP contribution in [0.3, 0.4) is 0 Å². The molecule has 0 saturated heterocycles. The van der Waals surface area contributed by atoms with Gasteiger partial charge in [0.15, 0.2) is 11.5 Å². The third-order valence-corrected chi connectivity index (χ3v) is 3.51. The zero-order valence-corrected chi connectivity index (χ0v) is 13.3. The minimum Gasteiger partial charge on any atom is -0.334 e. The number of nitrogens with zero attached hydrogens (tertiary/aromatic N) is 2. The fourth-order valence-electron chi connectivity index (χ4n) is 2.16. The largest absolute Gasteiger partial charge is 0.334 e. The number of hydrogen-bond donors (Lipinski definition) is 2. The van der Waals surface area contributed by atoms with Gasteiger partial charge in [0.2, 0.25) is 0 Å². The molecule has 5 nitrogen and oxygen atoms in total. The second-order valence-corrected chi connectivity index (χ2v) is 5.29. The summed E-state index contributed by atoms with van der Waals surface area (Å²) in [6.45, 7) is 1.87. The van der Waals surface area contributed by atoms with E-state index in [2.05, 4.69) is 20.8 Å². The molecule has 1 heterocycles. The van der Waals surface area contributed by atoms with Crippen molar-refractivity contribution in [2.45, 2.75) is 6.92 Å². The molecule has 3 rings (SSSR count). The first-order chi connectivity index (χ1) is 12.0. The number of anilines is 3. The molecule has 0 spiro atoms. The van der Waals surface area contributed by atoms with Crippen molar-refractivity contribution in [3.8, 4) is 0 Å². The van der Waals surface area contributed by atoms with E-state index in [9.17, 15) is 13.6 Å². The van der Waals surface area contributed by atoms with Gasteiger partial charge in [-0.15, -0.1) is 10.2 Å². The molecule has 2 aromatic carbocycles. The monoisotopic (exact) mass is 340 g/mol. The fraction of sp³-hybridized carbons (Fsp3) is 0.0556. The second kappa shape index (κ2) is 7.04. The molecular weight excluding hydrogens is 326 g/mol. The Labute approximate surface area is 142 Å². The third kappa shape index (κ3) is 3.77. The van der Waals surface area contributed by atoms with Crippen LogP contribution in [0, 0.1) is 18.6 Å². The van der Waals surface area contributed by atoms with E-state index in [4.69, 9.17) is 0 Å². The fourth-order valence-corrected chi connectivity index (χ4v) is 2.16. The van der Waals surface area contributed by atoms with Gasteiger partial charge < -0.3 is 10.6 Å². The Bertz CT molecular complexity index is 893. The van der Waals surface area contributed by atoms with E-state index in [0.29, 0.717) is 5.69 Å². The van der Waals surface area contributed by atoms with Gasteiger partial charge in [0.1, 0.15) is 17.3 Å². The predicted octanol–water partition coefficient (Wildman–Crippen LogP) is 4.06. The van der Waals surface area contributed by atoms with Crippen LogP contribution in [0.1, 0.15) is 16.1 Å². The first-order valence-electron chi connectivity index (χ1n) is 7.46. The highest BCUT2D eigenvalue weighted by Crippen LogP contribution is 2.21. The molecule has 0 fully saturated rings. The number of benzene rings is 2. The number of carbonyl (C=O) groups excluding carboxylic acids is 1. The SMILES string of the molecule is Cc1ccccc1NC(=O)c1ccc(Nc2c(F)cccc2F)nn1. The van der Waals surface area contributed by atoms with E-state index in [1.807, 2.05) is 25.1 Å². The Morgan fingerprint density at radius 1 is 0.920 bits per heavy atom. The minimum absolute atomic E-state index is 0.0859. The lowest BCUT2D eigenvalue weighted by molar-refractivity contribution is 0.102. The van der Waals surface area contributed by atoms with Crippen LogP contribution in [-0.2, 0) is 0 Å². The first kappa shape index (κ1) is 16.5. The van der Waals surface area contributed by atoms with E-state index < -0.39 is 17.5 Å². The quantitative estimate of drug-likeness (QED) is 0.752. The van der Waals surface area contributed by atoms with Crippen LogP contribution in [0.4, 0.5) is 26.0 Å². The van der Waals surface area contributed by atoms with Crippen molar-refractivity contribution < 1.29 is 13.6 Å². The summed E-state index contributed by atoms with van der Waals surface area (Å²) < 4.78 is 27.2. The number of rotatable bonds is 4. The summed E-state index contributed by atoms with van der Waals surface area (Å²) in [7, 11) is 0. The van der Waals surface area contributed by atoms with Crippen molar-refractivity contribution >= 4 is 23.1 Å². The number of para-hydroxylation sites is 2. The van der Waals surface area contributed by atoms with Crippen LogP contribution in [0.25, 0.3) is 0 Å². The Balaban J connectivity index is 1.74. The highest BCUT2D eigenvalue weighted by Gasteiger charge is 2.12. The van der Waals surface area contributed by atoms with Crippen molar-refractivity contribution in [1.82, 2.24) is 10.2 Å². The molecule has 25 heavy (non-hydrogen) atoms. The summed E-state index contributed by atoms with van der Waals surface area (Å²) in [5.74, 6) is -1.80. The summed E-state index contributed by atoms with van der Waals surface area (Å²) in [4.78, 5) is 12.2. The van der Waals surface area contributed by atoms with Gasteiger partial charge in [0.25, 0.3) is 5.91 Å². The molecule has 0 bridgehead atoms. The standard InChI is InChI=1S/C18H14F2N4O/c1-11-5-2-3-8-14(11)21-18(25)15-9-10-16(24-23-15)22-17-12(19)6-4-7-13(17)20/h2-10H,1H3,(H,21,25)(H,22,24). The molecule has 0 aliphatic rings. The summed E-state index contributed by atoms with van der Waals surface area (Å²) in [6.07, 6.45) is 0. The number of hydrogen-bond acceptors (Lipinski definition) is 4. The molecule has 0 saturated carbocycles. The van der Waals surface area contributed by atoms with Gasteiger partial charge in [-0.05, 0) is 42.8 Å². The lowest BCUT2D eigenvalue weighted by Gasteiger charge is -2.09. The Morgan fingerprint density at radius 2 is 1.64 bits per heavy atom. The maximum absolute atomic E-state index is 13.6. The molecule has 0 aliphatic heterocycles. The Kier molecular flexibility index (Phi) is 4.65. The minimum atomic E-state index is -0.747. The molecule has 1 aromatic heterocycles. The van der Waals surface area contributed by atoms with Gasteiger partial charge in [-0.3, -0.25) is 4.79 Å². The molecule has 7 heteroatoms. The number of aryl methyl sites for hydroxylation is 1. The normalized spacial score (nSPS) is 10.4. The molecule has 3 aromatic rings. The van der Waals surface area contributed by atoms with Gasteiger partial charge in [0, 0.05) is 5.69 Å². The average Bonchev–Trinajstić information content (AvgIpc) is 2.61. The smallest absolute Gasteiger partial charge is 0.276 e. The van der Waals surface area contributed by atoms with Crippen LogP contribution in [-0.4, -0.2) is 16.1 Å². The van der Waals surface area contributed by atoms with Crippen molar-refractivity contribution in [3.63, 3.8) is 0 Å². The van der Waals surface area contributed by atoms with Crippen LogP contribution in [0.15, 0.2) is 54.6 Å². The van der Waals surface area contributed by atoms with Crippen LogP contribution in [0.2, 0.25) is 0 Å². The Hall–Kier alpha value is -3.35. The van der Waals surface area contributed by atoms with Crippen molar-refractivity contribution in [2.24, 2.45) is 0 Å². The molecule has 0 aliphatic carbocycles. The van der Waals surface area contributed by atoms with Crippen molar-refractivity contribution in [2.75, 3.05) is 10.6 Å². The summed E-state index contributed by atoms with van der Waals surface area (Å²) >= 11 is 0. The molecular formula is C18H14F2N4O. The van der Waals surface area contributed by atoms with E-state index >= 15 is 0 Å². The number of halogens is 2. The number of amides is 1. The van der Waals surface area contributed by atoms with E-state index in [0.717, 1.165) is 17.7 Å². The first-order valence-corrected chi connectivity index (χ1v) is 7.46. The van der Waals surface area contributed by atoms with Gasteiger partial charge >= 0.3 is 0 Å². The summed E-state index contributed by atoms with van der Waals surface area (Å²) in [6, 6.07) is 13.7. The molecule has 1 amide bonds. The van der Waals surface area contributed by atoms with E-state index in [1.54, 1.807) is 6.07 Å². The van der Waals surface area contributed by atoms with Crippen molar-refractivity contribution in [1.29, 1.82) is 0 Å². The van der Waals surface area contributed by atoms with Gasteiger partial charge in [-0.1, -0.05) is 24.3 Å². The predicted molar refractivity (Wildman–Crippen MR) is 90.8 cm³/mol. The number of aromatic nitrogens is 2. The van der Waals surface area contributed by atoms with Gasteiger partial charge in [-0.25, -0.2) is 8.78 Å². The zero-order chi connectivity index (χ0) is 17.8. The lowest BCUT2D eigenvalue weighted by atomic mass is 10.2. The highest BCUT2D eigenvalue weighted by atomic mass is 19.1.